The molecule has 1 aliphatic carbocycles. The molecule has 1 aliphatic rings. The maximum absolute atomic E-state index is 12.7. The minimum atomic E-state index is -4.36. The third kappa shape index (κ3) is 6.57. The summed E-state index contributed by atoms with van der Waals surface area (Å²) in [6, 6.07) is 13.1. The quantitative estimate of drug-likeness (QED) is 0.181. The van der Waals surface area contributed by atoms with Crippen LogP contribution in [0.5, 0.6) is 0 Å². The van der Waals surface area contributed by atoms with E-state index in [1.165, 1.54) is 34.3 Å². The van der Waals surface area contributed by atoms with Crippen LogP contribution in [0.25, 0.3) is 17.0 Å². The third-order valence-electron chi connectivity index (χ3n) is 6.93. The number of nitrogens with zero attached hydrogens (tertiary/aromatic N) is 3. The summed E-state index contributed by atoms with van der Waals surface area (Å²) in [6.07, 6.45) is 3.64. The first-order chi connectivity index (χ1) is 18.8. The molecular weight excluding hydrogens is 521 g/mol. The van der Waals surface area contributed by atoms with Crippen LogP contribution in [-0.4, -0.2) is 20.9 Å². The van der Waals surface area contributed by atoms with Crippen LogP contribution >= 0.6 is 11.5 Å². The highest BCUT2D eigenvalue weighted by molar-refractivity contribution is 7.09. The Kier molecular flexibility index (Phi) is 8.13. The van der Waals surface area contributed by atoms with Crippen molar-refractivity contribution in [2.45, 2.75) is 57.7 Å². The Morgan fingerprint density at radius 2 is 1.87 bits per heavy atom. The first-order valence-electron chi connectivity index (χ1n) is 13.1. The molecule has 1 atom stereocenters. The lowest BCUT2D eigenvalue weighted by molar-refractivity contribution is -0.137. The van der Waals surface area contributed by atoms with E-state index in [-0.39, 0.29) is 6.04 Å². The van der Waals surface area contributed by atoms with Crippen molar-refractivity contribution in [1.29, 1.82) is 0 Å². The number of para-hydroxylation sites is 1. The van der Waals surface area contributed by atoms with Gasteiger partial charge in [0.1, 0.15) is 0 Å². The predicted octanol–water partition coefficient (Wildman–Crippen LogP) is 7.16. The molecule has 0 bridgehead atoms. The average molecular weight is 553 g/mol. The van der Waals surface area contributed by atoms with Crippen molar-refractivity contribution in [3.05, 3.63) is 82.4 Å². The topological polar surface area (TPSA) is 88.8 Å². The molecule has 4 N–H and O–H groups in total. The van der Waals surface area contributed by atoms with Gasteiger partial charge in [0.25, 0.3) is 0 Å². The van der Waals surface area contributed by atoms with Gasteiger partial charge in [-0.1, -0.05) is 18.2 Å². The minimum Gasteiger partial charge on any atom is -0.388 e. The van der Waals surface area contributed by atoms with Gasteiger partial charge in [-0.3, -0.25) is 4.98 Å². The number of aromatic nitrogens is 3. The molecular formula is C29H31F3N6S. The fourth-order valence-corrected chi connectivity index (χ4v) is 5.62. The van der Waals surface area contributed by atoms with Crippen molar-refractivity contribution in [1.82, 2.24) is 19.7 Å². The van der Waals surface area contributed by atoms with Gasteiger partial charge in [0.05, 0.1) is 11.1 Å². The summed E-state index contributed by atoms with van der Waals surface area (Å²) in [5.41, 5.74) is 12.4. The molecule has 0 radical (unpaired) electrons. The van der Waals surface area contributed by atoms with Crippen molar-refractivity contribution in [2.75, 3.05) is 11.9 Å². The highest BCUT2D eigenvalue weighted by atomic mass is 32.1. The molecule has 4 aromatic rings. The zero-order valence-corrected chi connectivity index (χ0v) is 22.5. The smallest absolute Gasteiger partial charge is 0.388 e. The van der Waals surface area contributed by atoms with E-state index in [4.69, 9.17) is 10.7 Å². The van der Waals surface area contributed by atoms with Crippen LogP contribution in [0.4, 0.5) is 24.0 Å². The molecule has 6 nitrogen and oxygen atoms in total. The van der Waals surface area contributed by atoms with E-state index in [1.807, 2.05) is 19.1 Å². The fourth-order valence-electron chi connectivity index (χ4n) is 5.05. The Balaban J connectivity index is 1.10. The van der Waals surface area contributed by atoms with Gasteiger partial charge < -0.3 is 16.4 Å². The number of nitrogens with two attached hydrogens (primary N) is 1. The number of alkyl halides is 3. The number of rotatable bonds is 10. The Hall–Kier alpha value is -3.50. The number of aryl methyl sites for hydroxylation is 1. The zero-order valence-electron chi connectivity index (χ0n) is 21.7. The number of allylic oxidation sites excluding steroid dienone is 1. The molecule has 2 heterocycles. The molecule has 5 rings (SSSR count). The van der Waals surface area contributed by atoms with Gasteiger partial charge in [-0.05, 0) is 86.9 Å². The second kappa shape index (κ2) is 11.7. The average Bonchev–Trinajstić information content (AvgIpc) is 3.55. The minimum absolute atomic E-state index is 0.00354. The zero-order chi connectivity index (χ0) is 27.4. The Bertz CT molecular complexity index is 1460. The summed E-state index contributed by atoms with van der Waals surface area (Å²) in [5.74, 6) is 0.542. The second-order valence-corrected chi connectivity index (χ2v) is 10.6. The lowest BCUT2D eigenvalue weighted by atomic mass is 9.92. The standard InChI is InChI=1S/C29H31F3N6S/c1-18(17-26-37-28(39-38-26)35-20-14-12-19(13-15-20)29(30,31)32)34-16-5-4-9-23(33)27-21-7-2-3-10-24(21)36-25-11-6-8-22(25)27/h2-3,7,10,12-15,17,23,34H,4-6,8-9,11,16,33H2,1H3,(H,35,37,38). The first-order valence-corrected chi connectivity index (χ1v) is 13.9. The normalized spacial score (nSPS) is 14.4. The number of hydrogen-bond acceptors (Lipinski definition) is 7. The van der Waals surface area contributed by atoms with E-state index < -0.39 is 11.7 Å². The molecule has 0 aliphatic heterocycles. The summed E-state index contributed by atoms with van der Waals surface area (Å²) in [6.45, 7) is 2.77. The van der Waals surface area contributed by atoms with E-state index in [0.29, 0.717) is 16.6 Å². The van der Waals surface area contributed by atoms with E-state index in [1.54, 1.807) is 0 Å². The Morgan fingerprint density at radius 3 is 2.67 bits per heavy atom. The van der Waals surface area contributed by atoms with E-state index in [9.17, 15) is 13.2 Å². The van der Waals surface area contributed by atoms with E-state index in [2.05, 4.69) is 38.2 Å². The highest BCUT2D eigenvalue weighted by Gasteiger charge is 2.30. The number of nitrogens with one attached hydrogen (secondary N) is 2. The third-order valence-corrected chi connectivity index (χ3v) is 7.58. The molecule has 204 valence electrons. The van der Waals surface area contributed by atoms with Gasteiger partial charge >= 0.3 is 6.18 Å². The van der Waals surface area contributed by atoms with Gasteiger partial charge in [0, 0.05) is 52.7 Å². The van der Waals surface area contributed by atoms with Crippen LogP contribution in [-0.2, 0) is 19.0 Å². The summed E-state index contributed by atoms with van der Waals surface area (Å²) < 4.78 is 42.5. The molecule has 0 saturated carbocycles. The van der Waals surface area contributed by atoms with Crippen LogP contribution in [0.15, 0.2) is 54.2 Å². The molecule has 1 unspecified atom stereocenters. The molecule has 2 aromatic heterocycles. The summed E-state index contributed by atoms with van der Waals surface area (Å²) in [4.78, 5) is 9.28. The van der Waals surface area contributed by atoms with Crippen molar-refractivity contribution in [3.8, 4) is 0 Å². The van der Waals surface area contributed by atoms with Crippen LogP contribution in [0.1, 0.15) is 66.9 Å². The number of unbranched alkanes of at least 4 members (excludes halogenated alkanes) is 1. The molecule has 39 heavy (non-hydrogen) atoms. The lowest BCUT2D eigenvalue weighted by Gasteiger charge is -2.19. The van der Waals surface area contributed by atoms with Crippen LogP contribution in [0.2, 0.25) is 0 Å². The van der Waals surface area contributed by atoms with E-state index >= 15 is 0 Å². The number of anilines is 2. The Morgan fingerprint density at radius 1 is 1.08 bits per heavy atom. The molecule has 0 saturated heterocycles. The monoisotopic (exact) mass is 552 g/mol. The molecule has 0 fully saturated rings. The summed E-state index contributed by atoms with van der Waals surface area (Å²) in [5, 5.41) is 8.10. The fraction of sp³-hybridized carbons (Fsp3) is 0.345. The SMILES string of the molecule is CC(=Cc1nsc(Nc2ccc(C(F)(F)F)cc2)n1)NCCCCC(N)c1c2c(nc3ccccc13)CCC2. The number of halogens is 3. The van der Waals surface area contributed by atoms with Gasteiger partial charge in [-0.25, -0.2) is 0 Å². The first kappa shape index (κ1) is 27.1. The second-order valence-electron chi connectivity index (χ2n) is 9.84. The Labute approximate surface area is 229 Å². The summed E-state index contributed by atoms with van der Waals surface area (Å²) in [7, 11) is 0. The maximum Gasteiger partial charge on any atom is 0.416 e. The van der Waals surface area contributed by atoms with Gasteiger partial charge in [0.2, 0.25) is 5.13 Å². The summed E-state index contributed by atoms with van der Waals surface area (Å²) >= 11 is 1.15. The van der Waals surface area contributed by atoms with Crippen molar-refractivity contribution < 1.29 is 13.2 Å². The molecule has 0 amide bonds. The van der Waals surface area contributed by atoms with Crippen LogP contribution in [0, 0.1) is 0 Å². The number of hydrogen-bond donors (Lipinski definition) is 3. The van der Waals surface area contributed by atoms with E-state index in [0.717, 1.165) is 79.9 Å². The lowest BCUT2D eigenvalue weighted by Crippen LogP contribution is -2.16. The van der Waals surface area contributed by atoms with Gasteiger partial charge in [0.15, 0.2) is 5.82 Å². The van der Waals surface area contributed by atoms with Gasteiger partial charge in [-0.2, -0.15) is 22.5 Å². The van der Waals surface area contributed by atoms with Crippen molar-refractivity contribution >= 4 is 39.3 Å². The van der Waals surface area contributed by atoms with Crippen LogP contribution in [0.3, 0.4) is 0 Å². The molecule has 0 spiro atoms. The van der Waals surface area contributed by atoms with Crippen molar-refractivity contribution in [2.24, 2.45) is 5.73 Å². The number of fused-ring (bicyclic) bond motifs is 2. The maximum atomic E-state index is 12.7. The highest BCUT2D eigenvalue weighted by Crippen LogP contribution is 2.35. The van der Waals surface area contributed by atoms with Crippen LogP contribution < -0.4 is 16.4 Å². The number of pyridine rings is 1. The number of benzene rings is 2. The molecule has 10 heteroatoms. The predicted molar refractivity (Wildman–Crippen MR) is 151 cm³/mol. The largest absolute Gasteiger partial charge is 0.416 e. The van der Waals surface area contributed by atoms with Gasteiger partial charge in [-0.15, -0.1) is 0 Å². The van der Waals surface area contributed by atoms with Crippen molar-refractivity contribution in [3.63, 3.8) is 0 Å². The molecule has 2 aromatic carbocycles.